The van der Waals surface area contributed by atoms with E-state index in [9.17, 15) is 9.59 Å². The van der Waals surface area contributed by atoms with Crippen LogP contribution in [-0.4, -0.2) is 9.55 Å². The Hall–Kier alpha value is -1.33. The van der Waals surface area contributed by atoms with Crippen LogP contribution in [0.15, 0.2) is 38.3 Å². The van der Waals surface area contributed by atoms with Gasteiger partial charge in [0, 0.05) is 4.47 Å². The second-order valence-corrected chi connectivity index (χ2v) is 5.78. The van der Waals surface area contributed by atoms with Gasteiger partial charge in [-0.2, -0.15) is 0 Å². The van der Waals surface area contributed by atoms with Crippen molar-refractivity contribution in [2.45, 2.75) is 26.3 Å². The summed E-state index contributed by atoms with van der Waals surface area (Å²) in [5, 5.41) is 0.147. The van der Waals surface area contributed by atoms with Crippen molar-refractivity contribution in [2.75, 3.05) is 0 Å². The van der Waals surface area contributed by atoms with Crippen molar-refractivity contribution < 1.29 is 0 Å². The molecule has 6 heteroatoms. The number of aromatic nitrogens is 2. The second-order valence-electron chi connectivity index (χ2n) is 4.49. The van der Waals surface area contributed by atoms with Gasteiger partial charge in [0.05, 0.1) is 12.1 Å². The van der Waals surface area contributed by atoms with Gasteiger partial charge in [0.25, 0.3) is 5.56 Å². The van der Waals surface area contributed by atoms with Crippen LogP contribution in [0.5, 0.6) is 0 Å². The third-order valence-corrected chi connectivity index (χ3v) is 3.84. The highest BCUT2D eigenvalue weighted by Gasteiger charge is 2.12. The van der Waals surface area contributed by atoms with Crippen LogP contribution in [0.4, 0.5) is 0 Å². The van der Waals surface area contributed by atoms with Crippen LogP contribution in [0, 0.1) is 0 Å². The van der Waals surface area contributed by atoms with Gasteiger partial charge in [0.2, 0.25) is 0 Å². The highest BCUT2D eigenvalue weighted by atomic mass is 79.9. The van der Waals surface area contributed by atoms with Gasteiger partial charge in [-0.25, -0.2) is 4.79 Å². The molecule has 0 saturated heterocycles. The van der Waals surface area contributed by atoms with Crippen LogP contribution in [0.3, 0.4) is 0 Å². The van der Waals surface area contributed by atoms with Crippen molar-refractivity contribution in [1.29, 1.82) is 0 Å². The van der Waals surface area contributed by atoms with Crippen molar-refractivity contribution >= 4 is 27.5 Å². The third kappa shape index (κ3) is 3.22. The van der Waals surface area contributed by atoms with Crippen LogP contribution in [0.25, 0.3) is 0 Å². The maximum absolute atomic E-state index is 12.3. The lowest BCUT2D eigenvalue weighted by molar-refractivity contribution is 0.680. The van der Waals surface area contributed by atoms with Crippen LogP contribution in [0.2, 0.25) is 5.15 Å². The van der Waals surface area contributed by atoms with Gasteiger partial charge in [0.15, 0.2) is 0 Å². The first-order valence-electron chi connectivity index (χ1n) is 6.29. The summed E-state index contributed by atoms with van der Waals surface area (Å²) >= 11 is 9.28. The minimum Gasteiger partial charge on any atom is -0.297 e. The van der Waals surface area contributed by atoms with Gasteiger partial charge >= 0.3 is 5.69 Å². The molecule has 0 unspecified atom stereocenters. The van der Waals surface area contributed by atoms with E-state index in [1.165, 1.54) is 4.57 Å². The van der Waals surface area contributed by atoms with Crippen LogP contribution in [0.1, 0.15) is 24.5 Å². The molecular formula is C14H14BrClN2O2. The lowest BCUT2D eigenvalue weighted by Gasteiger charge is -2.08. The van der Waals surface area contributed by atoms with Gasteiger partial charge in [-0.3, -0.25) is 14.3 Å². The minimum absolute atomic E-state index is 0.147. The Morgan fingerprint density at radius 1 is 1.25 bits per heavy atom. The fraction of sp³-hybridized carbons (Fsp3) is 0.286. The van der Waals surface area contributed by atoms with E-state index in [2.05, 4.69) is 20.9 Å². The highest BCUT2D eigenvalue weighted by Crippen LogP contribution is 2.12. The Kier molecular flexibility index (Phi) is 4.83. The number of benzene rings is 1. The molecule has 0 amide bonds. The molecular weight excluding hydrogens is 344 g/mol. The molecule has 0 spiro atoms. The number of rotatable bonds is 4. The molecule has 0 fully saturated rings. The number of nitrogens with one attached hydrogen (secondary N) is 1. The molecule has 20 heavy (non-hydrogen) atoms. The quantitative estimate of drug-likeness (QED) is 0.855. The lowest BCUT2D eigenvalue weighted by atomic mass is 10.2. The summed E-state index contributed by atoms with van der Waals surface area (Å²) in [5.74, 6) is 0. The number of aromatic amines is 1. The Labute approximate surface area is 129 Å². The van der Waals surface area contributed by atoms with E-state index in [-0.39, 0.29) is 17.3 Å². The number of hydrogen-bond donors (Lipinski definition) is 1. The van der Waals surface area contributed by atoms with Crippen molar-refractivity contribution in [3.8, 4) is 0 Å². The maximum Gasteiger partial charge on any atom is 0.329 e. The first-order valence-corrected chi connectivity index (χ1v) is 7.46. The highest BCUT2D eigenvalue weighted by molar-refractivity contribution is 9.10. The van der Waals surface area contributed by atoms with Gasteiger partial charge in [-0.1, -0.05) is 53.0 Å². The summed E-state index contributed by atoms with van der Waals surface area (Å²) < 4.78 is 2.13. The van der Waals surface area contributed by atoms with E-state index in [1.807, 2.05) is 31.2 Å². The van der Waals surface area contributed by atoms with E-state index in [4.69, 9.17) is 11.6 Å². The molecule has 0 bridgehead atoms. The maximum atomic E-state index is 12.3. The summed E-state index contributed by atoms with van der Waals surface area (Å²) in [6.07, 6.45) is 1.34. The third-order valence-electron chi connectivity index (χ3n) is 2.98. The molecule has 0 atom stereocenters. The zero-order chi connectivity index (χ0) is 14.7. The van der Waals surface area contributed by atoms with Gasteiger partial charge in [-0.15, -0.1) is 0 Å². The van der Waals surface area contributed by atoms with Crippen molar-refractivity contribution in [2.24, 2.45) is 0 Å². The summed E-state index contributed by atoms with van der Waals surface area (Å²) in [6.45, 7) is 2.19. The zero-order valence-corrected chi connectivity index (χ0v) is 13.3. The van der Waals surface area contributed by atoms with Crippen LogP contribution < -0.4 is 11.2 Å². The molecule has 0 aliphatic carbocycles. The van der Waals surface area contributed by atoms with Crippen molar-refractivity contribution in [3.63, 3.8) is 0 Å². The summed E-state index contributed by atoms with van der Waals surface area (Å²) in [5.41, 5.74) is 0.544. The summed E-state index contributed by atoms with van der Waals surface area (Å²) in [7, 11) is 0. The second kappa shape index (κ2) is 6.41. The lowest BCUT2D eigenvalue weighted by Crippen LogP contribution is -2.37. The number of hydrogen-bond acceptors (Lipinski definition) is 2. The molecule has 2 aromatic rings. The summed E-state index contributed by atoms with van der Waals surface area (Å²) in [4.78, 5) is 26.8. The SMILES string of the molecule is CCCc1c(Cl)[nH]c(=O)n(Cc2ccc(Br)cc2)c1=O. The Balaban J connectivity index is 2.46. The molecule has 1 aromatic heterocycles. The standard InChI is InChI=1S/C14H14BrClN2O2/c1-2-3-11-12(16)17-14(20)18(13(11)19)8-9-4-6-10(15)7-5-9/h4-7H,2-3,8H2,1H3,(H,17,20). The molecule has 0 radical (unpaired) electrons. The normalized spacial score (nSPS) is 10.8. The Morgan fingerprint density at radius 2 is 1.90 bits per heavy atom. The minimum atomic E-state index is -0.484. The van der Waals surface area contributed by atoms with E-state index >= 15 is 0 Å². The zero-order valence-electron chi connectivity index (χ0n) is 11.0. The Morgan fingerprint density at radius 3 is 2.50 bits per heavy atom. The first kappa shape index (κ1) is 15.1. The Bertz CT molecular complexity index is 719. The molecule has 0 saturated carbocycles. The number of halogens is 2. The van der Waals surface area contributed by atoms with Gasteiger partial charge in [0.1, 0.15) is 5.15 Å². The monoisotopic (exact) mass is 356 g/mol. The van der Waals surface area contributed by atoms with E-state index in [0.29, 0.717) is 12.0 Å². The predicted octanol–water partition coefficient (Wildman–Crippen LogP) is 2.95. The summed E-state index contributed by atoms with van der Waals surface area (Å²) in [6, 6.07) is 7.48. The van der Waals surface area contributed by atoms with E-state index < -0.39 is 5.69 Å². The molecule has 106 valence electrons. The molecule has 0 aliphatic heterocycles. The smallest absolute Gasteiger partial charge is 0.297 e. The molecule has 1 N–H and O–H groups in total. The van der Waals surface area contributed by atoms with Crippen molar-refractivity contribution in [1.82, 2.24) is 9.55 Å². The predicted molar refractivity (Wildman–Crippen MR) is 83.6 cm³/mol. The average Bonchev–Trinajstić information content (AvgIpc) is 2.41. The topological polar surface area (TPSA) is 54.9 Å². The van der Waals surface area contributed by atoms with E-state index in [1.54, 1.807) is 0 Å². The molecule has 0 aliphatic rings. The first-order chi connectivity index (χ1) is 9.52. The fourth-order valence-electron chi connectivity index (χ4n) is 1.97. The van der Waals surface area contributed by atoms with Gasteiger partial charge in [-0.05, 0) is 24.1 Å². The fourth-order valence-corrected chi connectivity index (χ4v) is 2.49. The molecule has 1 heterocycles. The average molecular weight is 358 g/mol. The molecule has 1 aromatic carbocycles. The number of H-pyrrole nitrogens is 1. The number of nitrogens with zero attached hydrogens (tertiary/aromatic N) is 1. The van der Waals surface area contributed by atoms with Crippen molar-refractivity contribution in [3.05, 3.63) is 65.9 Å². The van der Waals surface area contributed by atoms with E-state index in [0.717, 1.165) is 16.5 Å². The van der Waals surface area contributed by atoms with Crippen LogP contribution >= 0.6 is 27.5 Å². The molecule has 4 nitrogen and oxygen atoms in total. The van der Waals surface area contributed by atoms with Gasteiger partial charge < -0.3 is 0 Å². The molecule has 2 rings (SSSR count). The van der Waals surface area contributed by atoms with Crippen LogP contribution in [-0.2, 0) is 13.0 Å². The largest absolute Gasteiger partial charge is 0.329 e.